The number of hydrogen-bond acceptors (Lipinski definition) is 8. The van der Waals surface area contributed by atoms with E-state index in [2.05, 4.69) is 20.5 Å². The number of nitrogens with one attached hydrogen (secondary N) is 1. The summed E-state index contributed by atoms with van der Waals surface area (Å²) in [4.78, 5) is 16.5. The first kappa shape index (κ1) is 19.3. The zero-order valence-electron chi connectivity index (χ0n) is 14.4. The number of ether oxygens (including phenoxy) is 1. The molecule has 1 N–H and O–H groups in total. The number of anilines is 1. The van der Waals surface area contributed by atoms with Crippen LogP contribution in [0.5, 0.6) is 5.88 Å². The van der Waals surface area contributed by atoms with Gasteiger partial charge in [0, 0.05) is 11.6 Å². The fourth-order valence-corrected chi connectivity index (χ4v) is 4.02. The van der Waals surface area contributed by atoms with Crippen LogP contribution >= 0.6 is 11.3 Å². The number of carbonyl (C=O) groups is 1. The number of sulfone groups is 1. The Morgan fingerprint density at radius 3 is 2.56 bits per heavy atom. The first-order valence-corrected chi connectivity index (χ1v) is 10.2. The molecule has 25 heavy (non-hydrogen) atoms. The van der Waals surface area contributed by atoms with E-state index in [1.165, 1.54) is 17.6 Å². The van der Waals surface area contributed by atoms with Crippen molar-refractivity contribution < 1.29 is 17.9 Å². The topological polar surface area (TPSA) is 111 Å². The van der Waals surface area contributed by atoms with Crippen LogP contribution in [0.3, 0.4) is 0 Å². The molecule has 0 unspecified atom stereocenters. The highest BCUT2D eigenvalue weighted by atomic mass is 32.2. The van der Waals surface area contributed by atoms with Crippen LogP contribution in [0.4, 0.5) is 5.13 Å². The molecule has 10 heteroatoms. The molecule has 2 aromatic rings. The minimum atomic E-state index is -3.63. The molecule has 0 fully saturated rings. The van der Waals surface area contributed by atoms with Crippen LogP contribution < -0.4 is 10.1 Å². The second-order valence-electron chi connectivity index (χ2n) is 6.07. The number of amides is 1. The summed E-state index contributed by atoms with van der Waals surface area (Å²) in [6, 6.07) is 2.66. The maximum absolute atomic E-state index is 12.5. The van der Waals surface area contributed by atoms with Crippen LogP contribution in [0, 0.1) is 5.92 Å². The minimum absolute atomic E-state index is 0.0669. The summed E-state index contributed by atoms with van der Waals surface area (Å²) >= 11 is 1.16. The molecule has 136 valence electrons. The van der Waals surface area contributed by atoms with E-state index in [0.717, 1.165) is 11.3 Å². The van der Waals surface area contributed by atoms with E-state index in [9.17, 15) is 13.2 Å². The lowest BCUT2D eigenvalue weighted by atomic mass is 10.2. The van der Waals surface area contributed by atoms with Gasteiger partial charge >= 0.3 is 0 Å². The molecule has 0 aliphatic carbocycles. The van der Waals surface area contributed by atoms with Crippen molar-refractivity contribution in [1.29, 1.82) is 0 Å². The lowest BCUT2D eigenvalue weighted by Crippen LogP contribution is -2.18. The molecule has 0 radical (unpaired) electrons. The quantitative estimate of drug-likeness (QED) is 0.780. The van der Waals surface area contributed by atoms with E-state index in [-0.39, 0.29) is 34.2 Å². The first-order valence-electron chi connectivity index (χ1n) is 7.66. The van der Waals surface area contributed by atoms with Gasteiger partial charge in [0.15, 0.2) is 14.9 Å². The van der Waals surface area contributed by atoms with Crippen LogP contribution in [0.15, 0.2) is 22.7 Å². The smallest absolute Gasteiger partial charge is 0.257 e. The molecule has 8 nitrogen and oxygen atoms in total. The van der Waals surface area contributed by atoms with Crippen LogP contribution in [0.25, 0.3) is 0 Å². The molecule has 0 aromatic carbocycles. The number of pyridine rings is 1. The summed E-state index contributed by atoms with van der Waals surface area (Å²) < 4.78 is 30.5. The second-order valence-corrected chi connectivity index (χ2v) is 8.89. The Morgan fingerprint density at radius 2 is 2.00 bits per heavy atom. The highest BCUT2D eigenvalue weighted by Crippen LogP contribution is 2.21. The van der Waals surface area contributed by atoms with E-state index in [1.807, 2.05) is 0 Å². The van der Waals surface area contributed by atoms with Crippen molar-refractivity contribution in [3.63, 3.8) is 0 Å². The number of aromatic nitrogens is 3. The molecule has 0 saturated carbocycles. The average Bonchev–Trinajstić information content (AvgIpc) is 2.97. The normalized spacial score (nSPS) is 11.8. The van der Waals surface area contributed by atoms with Gasteiger partial charge in [0.05, 0.1) is 11.9 Å². The summed E-state index contributed by atoms with van der Waals surface area (Å²) in [5, 5.41) is 10.1. The molecule has 2 rings (SSSR count). The third kappa shape index (κ3) is 5.46. The lowest BCUT2D eigenvalue weighted by Gasteiger charge is -2.13. The molecule has 0 atom stereocenters. The Labute approximate surface area is 150 Å². The minimum Gasteiger partial charge on any atom is -0.475 e. The van der Waals surface area contributed by atoms with Gasteiger partial charge in [0.25, 0.3) is 5.91 Å². The van der Waals surface area contributed by atoms with Gasteiger partial charge in [-0.3, -0.25) is 10.1 Å². The van der Waals surface area contributed by atoms with E-state index >= 15 is 0 Å². The number of carbonyl (C=O) groups excluding carboxylic acids is 1. The molecule has 0 spiro atoms. The van der Waals surface area contributed by atoms with Gasteiger partial charge in [-0.1, -0.05) is 25.2 Å². The highest BCUT2D eigenvalue weighted by Gasteiger charge is 2.22. The molecule has 2 heterocycles. The monoisotopic (exact) mass is 384 g/mol. The Morgan fingerprint density at radius 1 is 1.28 bits per heavy atom. The number of rotatable bonds is 7. The van der Waals surface area contributed by atoms with E-state index in [1.54, 1.807) is 27.7 Å². The van der Waals surface area contributed by atoms with Gasteiger partial charge in [0.2, 0.25) is 11.0 Å². The molecular formula is C15H20N4O4S2. The summed E-state index contributed by atoms with van der Waals surface area (Å²) in [5.41, 5.74) is 1.61. The maximum Gasteiger partial charge on any atom is 0.257 e. The maximum atomic E-state index is 12.5. The van der Waals surface area contributed by atoms with Crippen molar-refractivity contribution in [2.75, 3.05) is 11.1 Å². The summed E-state index contributed by atoms with van der Waals surface area (Å²) in [6.45, 7) is 7.18. The summed E-state index contributed by atoms with van der Waals surface area (Å²) in [5.74, 6) is -0.557. The van der Waals surface area contributed by atoms with Crippen LogP contribution in [0.2, 0.25) is 0 Å². The zero-order chi connectivity index (χ0) is 18.6. The standard InChI is InChI=1S/C15H20N4O4S2/c1-9(2)7-25(21,22)13-6-11(5-12(17-13)23-10(3)4)14(20)18-15-19-16-8-24-15/h5-6,8-10H,7H2,1-4H3,(H,18,19,20). The summed E-state index contributed by atoms with van der Waals surface area (Å²) in [6.07, 6.45) is -0.213. The van der Waals surface area contributed by atoms with E-state index < -0.39 is 15.7 Å². The van der Waals surface area contributed by atoms with Crippen LogP contribution in [-0.4, -0.2) is 41.4 Å². The van der Waals surface area contributed by atoms with Gasteiger partial charge in [-0.05, 0) is 25.8 Å². The van der Waals surface area contributed by atoms with Crippen LogP contribution in [0.1, 0.15) is 38.1 Å². The van der Waals surface area contributed by atoms with Gasteiger partial charge in [-0.25, -0.2) is 13.4 Å². The Balaban J connectivity index is 2.41. The number of hydrogen-bond donors (Lipinski definition) is 1. The Kier molecular flexibility index (Phi) is 6.07. The fraction of sp³-hybridized carbons (Fsp3) is 0.467. The average molecular weight is 384 g/mol. The van der Waals surface area contributed by atoms with Crippen molar-refractivity contribution in [3.05, 3.63) is 23.2 Å². The Bertz CT molecular complexity index is 833. The summed E-state index contributed by atoms with van der Waals surface area (Å²) in [7, 11) is -3.63. The SMILES string of the molecule is CC(C)CS(=O)(=O)c1cc(C(=O)Nc2nncs2)cc(OC(C)C)n1. The lowest BCUT2D eigenvalue weighted by molar-refractivity contribution is 0.102. The van der Waals surface area contributed by atoms with E-state index in [0.29, 0.717) is 5.13 Å². The van der Waals surface area contributed by atoms with Crippen LogP contribution in [-0.2, 0) is 9.84 Å². The van der Waals surface area contributed by atoms with Crippen molar-refractivity contribution in [2.24, 2.45) is 5.92 Å². The highest BCUT2D eigenvalue weighted by molar-refractivity contribution is 7.91. The molecule has 0 saturated heterocycles. The third-order valence-electron chi connectivity index (χ3n) is 2.85. The van der Waals surface area contributed by atoms with Gasteiger partial charge in [-0.15, -0.1) is 10.2 Å². The van der Waals surface area contributed by atoms with Gasteiger partial charge in [-0.2, -0.15) is 0 Å². The molecular weight excluding hydrogens is 364 g/mol. The molecule has 0 bridgehead atoms. The predicted molar refractivity (Wildman–Crippen MR) is 94.8 cm³/mol. The van der Waals surface area contributed by atoms with Gasteiger partial charge < -0.3 is 4.74 Å². The van der Waals surface area contributed by atoms with Gasteiger partial charge in [0.1, 0.15) is 5.51 Å². The second kappa shape index (κ2) is 7.87. The Hall–Kier alpha value is -2.07. The number of nitrogens with zero attached hydrogens (tertiary/aromatic N) is 3. The van der Waals surface area contributed by atoms with Crippen molar-refractivity contribution in [1.82, 2.24) is 15.2 Å². The predicted octanol–water partition coefficient (Wildman–Crippen LogP) is 2.40. The largest absolute Gasteiger partial charge is 0.475 e. The third-order valence-corrected chi connectivity index (χ3v) is 5.41. The van der Waals surface area contributed by atoms with Crippen molar-refractivity contribution in [3.8, 4) is 5.88 Å². The molecule has 0 aliphatic heterocycles. The van der Waals surface area contributed by atoms with Crippen molar-refractivity contribution in [2.45, 2.75) is 38.8 Å². The van der Waals surface area contributed by atoms with Crippen molar-refractivity contribution >= 4 is 32.2 Å². The fourth-order valence-electron chi connectivity index (χ4n) is 1.99. The molecule has 0 aliphatic rings. The van der Waals surface area contributed by atoms with E-state index in [4.69, 9.17) is 4.74 Å². The zero-order valence-corrected chi connectivity index (χ0v) is 16.0. The first-order chi connectivity index (χ1) is 11.7. The molecule has 1 amide bonds. The molecule has 2 aromatic heterocycles.